The highest BCUT2D eigenvalue weighted by Gasteiger charge is 2.16. The molecule has 0 aliphatic rings. The quantitative estimate of drug-likeness (QED) is 0.689. The van der Waals surface area contributed by atoms with E-state index >= 15 is 0 Å². The van der Waals surface area contributed by atoms with Crippen molar-refractivity contribution in [1.29, 1.82) is 0 Å². The van der Waals surface area contributed by atoms with Gasteiger partial charge in [-0.1, -0.05) is 30.3 Å². The lowest BCUT2D eigenvalue weighted by Crippen LogP contribution is -2.10. The average Bonchev–Trinajstić information content (AvgIpc) is 2.93. The summed E-state index contributed by atoms with van der Waals surface area (Å²) in [6, 6.07) is 9.76. The standard InChI is InChI=1S/C16H15ClFN5/c1-22(2)9-12-10-23(15-13(18)8-19-16(17)20-15)21-14(12)11-6-4-3-5-7-11/h3-8,10H,9H2,1-2H3. The number of hydrogen-bond donors (Lipinski definition) is 0. The van der Waals surface area contributed by atoms with Crippen LogP contribution >= 0.6 is 11.6 Å². The first-order valence-electron chi connectivity index (χ1n) is 7.01. The lowest BCUT2D eigenvalue weighted by atomic mass is 10.1. The van der Waals surface area contributed by atoms with Crippen LogP contribution in [0.3, 0.4) is 0 Å². The Balaban J connectivity index is 2.13. The van der Waals surface area contributed by atoms with Crippen LogP contribution < -0.4 is 0 Å². The van der Waals surface area contributed by atoms with Gasteiger partial charge in [0, 0.05) is 23.9 Å². The van der Waals surface area contributed by atoms with Crippen molar-refractivity contribution >= 4 is 11.6 Å². The van der Waals surface area contributed by atoms with E-state index in [1.807, 2.05) is 49.3 Å². The molecule has 3 rings (SSSR count). The molecule has 0 fully saturated rings. The van der Waals surface area contributed by atoms with Gasteiger partial charge >= 0.3 is 0 Å². The lowest BCUT2D eigenvalue weighted by molar-refractivity contribution is 0.403. The van der Waals surface area contributed by atoms with Gasteiger partial charge in [-0.25, -0.2) is 14.1 Å². The molecule has 0 atom stereocenters. The molecule has 0 N–H and O–H groups in total. The summed E-state index contributed by atoms with van der Waals surface area (Å²) in [7, 11) is 3.93. The van der Waals surface area contributed by atoms with E-state index in [-0.39, 0.29) is 11.1 Å². The number of aromatic nitrogens is 4. The first-order chi connectivity index (χ1) is 11.0. The Hall–Kier alpha value is -2.31. The smallest absolute Gasteiger partial charge is 0.224 e. The van der Waals surface area contributed by atoms with E-state index in [4.69, 9.17) is 11.6 Å². The van der Waals surface area contributed by atoms with Gasteiger partial charge in [0.25, 0.3) is 0 Å². The molecule has 118 valence electrons. The van der Waals surface area contributed by atoms with Crippen LogP contribution in [0.5, 0.6) is 0 Å². The minimum atomic E-state index is -0.576. The number of halogens is 2. The lowest BCUT2D eigenvalue weighted by Gasteiger charge is -2.08. The van der Waals surface area contributed by atoms with Gasteiger partial charge < -0.3 is 4.90 Å². The van der Waals surface area contributed by atoms with E-state index < -0.39 is 5.82 Å². The van der Waals surface area contributed by atoms with Crippen molar-refractivity contribution in [2.24, 2.45) is 0 Å². The van der Waals surface area contributed by atoms with Crippen LogP contribution in [-0.2, 0) is 6.54 Å². The monoisotopic (exact) mass is 331 g/mol. The number of benzene rings is 1. The van der Waals surface area contributed by atoms with Gasteiger partial charge in [-0.3, -0.25) is 0 Å². The van der Waals surface area contributed by atoms with Crippen LogP contribution in [0.4, 0.5) is 4.39 Å². The highest BCUT2D eigenvalue weighted by molar-refractivity contribution is 6.28. The molecule has 3 aromatic rings. The molecule has 0 amide bonds. The molecule has 5 nitrogen and oxygen atoms in total. The van der Waals surface area contributed by atoms with E-state index in [9.17, 15) is 4.39 Å². The third kappa shape index (κ3) is 3.38. The summed E-state index contributed by atoms with van der Waals surface area (Å²) < 4.78 is 15.4. The fourth-order valence-electron chi connectivity index (χ4n) is 2.31. The van der Waals surface area contributed by atoms with Gasteiger partial charge in [0.1, 0.15) is 0 Å². The van der Waals surface area contributed by atoms with Gasteiger partial charge in [-0.15, -0.1) is 0 Å². The van der Waals surface area contributed by atoms with Crippen LogP contribution in [-0.4, -0.2) is 38.7 Å². The topological polar surface area (TPSA) is 46.8 Å². The van der Waals surface area contributed by atoms with E-state index in [1.165, 1.54) is 4.68 Å². The second kappa shape index (κ2) is 6.44. The summed E-state index contributed by atoms with van der Waals surface area (Å²) in [5.74, 6) is -0.542. The summed E-state index contributed by atoms with van der Waals surface area (Å²) in [6.45, 7) is 0.671. The second-order valence-corrected chi connectivity index (χ2v) is 5.70. The number of rotatable bonds is 4. The minimum absolute atomic E-state index is 0.0210. The Labute approximate surface area is 138 Å². The first kappa shape index (κ1) is 15.6. The maximum atomic E-state index is 14.0. The van der Waals surface area contributed by atoms with E-state index in [1.54, 1.807) is 6.20 Å². The molecule has 0 aliphatic heterocycles. The van der Waals surface area contributed by atoms with Crippen LogP contribution in [0, 0.1) is 5.82 Å². The fraction of sp³-hybridized carbons (Fsp3) is 0.188. The predicted octanol–water partition coefficient (Wildman–Crippen LogP) is 3.18. The molecule has 0 saturated carbocycles. The molecule has 23 heavy (non-hydrogen) atoms. The summed E-state index contributed by atoms with van der Waals surface area (Å²) in [6.07, 6.45) is 2.81. The Morgan fingerprint density at radius 1 is 1.22 bits per heavy atom. The van der Waals surface area contributed by atoms with E-state index in [2.05, 4.69) is 15.1 Å². The highest BCUT2D eigenvalue weighted by atomic mass is 35.5. The maximum Gasteiger partial charge on any atom is 0.224 e. The number of hydrogen-bond acceptors (Lipinski definition) is 4. The van der Waals surface area contributed by atoms with Crippen molar-refractivity contribution in [3.8, 4) is 17.1 Å². The molecule has 0 aliphatic carbocycles. The second-order valence-electron chi connectivity index (χ2n) is 5.36. The maximum absolute atomic E-state index is 14.0. The van der Waals surface area contributed by atoms with Crippen molar-refractivity contribution in [3.05, 3.63) is 59.4 Å². The normalized spacial score (nSPS) is 11.2. The summed E-state index contributed by atoms with van der Waals surface area (Å²) in [5.41, 5.74) is 2.72. The van der Waals surface area contributed by atoms with Crippen molar-refractivity contribution in [2.45, 2.75) is 6.54 Å². The zero-order chi connectivity index (χ0) is 16.4. The molecular weight excluding hydrogens is 317 g/mol. The van der Waals surface area contributed by atoms with Crippen LogP contribution in [0.2, 0.25) is 5.28 Å². The Kier molecular flexibility index (Phi) is 4.36. The molecule has 2 aromatic heterocycles. The average molecular weight is 332 g/mol. The van der Waals surface area contributed by atoms with Gasteiger partial charge in [0.05, 0.1) is 11.9 Å². The van der Waals surface area contributed by atoms with E-state index in [0.29, 0.717) is 6.54 Å². The van der Waals surface area contributed by atoms with Gasteiger partial charge in [-0.2, -0.15) is 10.1 Å². The zero-order valence-corrected chi connectivity index (χ0v) is 13.5. The molecule has 0 radical (unpaired) electrons. The zero-order valence-electron chi connectivity index (χ0n) is 12.7. The Morgan fingerprint density at radius 2 is 1.96 bits per heavy atom. The summed E-state index contributed by atoms with van der Waals surface area (Å²) in [5, 5.41) is 4.49. The third-order valence-corrected chi connectivity index (χ3v) is 3.42. The highest BCUT2D eigenvalue weighted by Crippen LogP contribution is 2.24. The molecule has 7 heteroatoms. The fourth-order valence-corrected chi connectivity index (χ4v) is 2.44. The molecule has 2 heterocycles. The van der Waals surface area contributed by atoms with Gasteiger partial charge in [0.15, 0.2) is 11.6 Å². The summed E-state index contributed by atoms with van der Waals surface area (Å²) >= 11 is 5.78. The SMILES string of the molecule is CN(C)Cc1cn(-c2nc(Cl)ncc2F)nc1-c1ccccc1. The van der Waals surface area contributed by atoms with Gasteiger partial charge in [-0.05, 0) is 25.7 Å². The molecular formula is C16H15ClFN5. The largest absolute Gasteiger partial charge is 0.305 e. The molecule has 0 unspecified atom stereocenters. The number of nitrogens with zero attached hydrogens (tertiary/aromatic N) is 5. The van der Waals surface area contributed by atoms with Crippen molar-refractivity contribution < 1.29 is 4.39 Å². The minimum Gasteiger partial charge on any atom is -0.305 e. The third-order valence-electron chi connectivity index (χ3n) is 3.24. The van der Waals surface area contributed by atoms with Crippen LogP contribution in [0.1, 0.15) is 5.56 Å². The Bertz CT molecular complexity index is 817. The molecule has 1 aromatic carbocycles. The van der Waals surface area contributed by atoms with E-state index in [0.717, 1.165) is 23.0 Å². The first-order valence-corrected chi connectivity index (χ1v) is 7.39. The molecule has 0 bridgehead atoms. The molecule has 0 saturated heterocycles. The predicted molar refractivity (Wildman–Crippen MR) is 86.9 cm³/mol. The Morgan fingerprint density at radius 3 is 2.65 bits per heavy atom. The molecule has 0 spiro atoms. The van der Waals surface area contributed by atoms with Crippen molar-refractivity contribution in [2.75, 3.05) is 14.1 Å². The van der Waals surface area contributed by atoms with Crippen LogP contribution in [0.15, 0.2) is 42.7 Å². The van der Waals surface area contributed by atoms with Crippen LogP contribution in [0.25, 0.3) is 17.1 Å². The summed E-state index contributed by atoms with van der Waals surface area (Å²) in [4.78, 5) is 9.59. The van der Waals surface area contributed by atoms with Gasteiger partial charge in [0.2, 0.25) is 5.28 Å². The van der Waals surface area contributed by atoms with Crippen molar-refractivity contribution in [3.63, 3.8) is 0 Å². The van der Waals surface area contributed by atoms with Crippen molar-refractivity contribution in [1.82, 2.24) is 24.6 Å².